The number of thiazole rings is 1. The van der Waals surface area contributed by atoms with E-state index in [1.807, 2.05) is 6.92 Å². The number of sulfonamides is 1. The van der Waals surface area contributed by atoms with Crippen LogP contribution < -0.4 is 4.72 Å². The fraction of sp³-hybridized carbons (Fsp3) is 0.231. The van der Waals surface area contributed by atoms with Gasteiger partial charge in [0.15, 0.2) is 5.13 Å². The molecule has 0 aliphatic heterocycles. The SMILES string of the molecule is Cc1cnc(NS(=O)(=O)c2cc(C(=O)O)cc(C)c2C)s1. The van der Waals surface area contributed by atoms with E-state index in [2.05, 4.69) is 9.71 Å². The molecule has 6 nitrogen and oxygen atoms in total. The van der Waals surface area contributed by atoms with Crippen LogP contribution in [0.3, 0.4) is 0 Å². The normalized spacial score (nSPS) is 11.4. The van der Waals surface area contributed by atoms with Crippen LogP contribution in [0, 0.1) is 20.8 Å². The van der Waals surface area contributed by atoms with E-state index in [4.69, 9.17) is 5.11 Å². The largest absolute Gasteiger partial charge is 0.478 e. The molecule has 0 unspecified atom stereocenters. The maximum Gasteiger partial charge on any atom is 0.335 e. The molecule has 0 atom stereocenters. The van der Waals surface area contributed by atoms with Crippen molar-refractivity contribution in [3.63, 3.8) is 0 Å². The van der Waals surface area contributed by atoms with Gasteiger partial charge in [-0.15, -0.1) is 11.3 Å². The van der Waals surface area contributed by atoms with E-state index < -0.39 is 16.0 Å². The Bertz CT molecular complexity index is 810. The van der Waals surface area contributed by atoms with E-state index in [-0.39, 0.29) is 15.6 Å². The maximum absolute atomic E-state index is 12.4. The lowest BCUT2D eigenvalue weighted by Gasteiger charge is -2.11. The van der Waals surface area contributed by atoms with Gasteiger partial charge in [0.2, 0.25) is 0 Å². The van der Waals surface area contributed by atoms with Crippen LogP contribution in [0.4, 0.5) is 5.13 Å². The smallest absolute Gasteiger partial charge is 0.335 e. The molecule has 8 heteroatoms. The Morgan fingerprint density at radius 3 is 2.48 bits per heavy atom. The summed E-state index contributed by atoms with van der Waals surface area (Å²) in [6, 6.07) is 2.61. The van der Waals surface area contributed by atoms with Gasteiger partial charge in [-0.25, -0.2) is 18.2 Å². The van der Waals surface area contributed by atoms with Crippen LogP contribution in [0.15, 0.2) is 23.2 Å². The molecule has 1 heterocycles. The van der Waals surface area contributed by atoms with Crippen LogP contribution in [-0.4, -0.2) is 24.5 Å². The molecule has 0 aliphatic carbocycles. The Morgan fingerprint density at radius 2 is 1.95 bits per heavy atom. The maximum atomic E-state index is 12.4. The number of carboxylic acid groups (broad SMARTS) is 1. The molecule has 21 heavy (non-hydrogen) atoms. The third kappa shape index (κ3) is 3.22. The number of benzene rings is 1. The van der Waals surface area contributed by atoms with Gasteiger partial charge in [-0.2, -0.15) is 0 Å². The van der Waals surface area contributed by atoms with E-state index in [1.54, 1.807) is 20.0 Å². The zero-order valence-electron chi connectivity index (χ0n) is 11.7. The molecule has 0 saturated carbocycles. The molecule has 2 aromatic rings. The predicted molar refractivity (Wildman–Crippen MR) is 80.5 cm³/mol. The number of carbonyl (C=O) groups is 1. The minimum atomic E-state index is -3.87. The minimum Gasteiger partial charge on any atom is -0.478 e. The van der Waals surface area contributed by atoms with Crippen LogP contribution in [-0.2, 0) is 10.0 Å². The topological polar surface area (TPSA) is 96.4 Å². The molecular formula is C13H14N2O4S2. The Kier molecular flexibility index (Phi) is 4.02. The number of nitrogens with zero attached hydrogens (tertiary/aromatic N) is 1. The van der Waals surface area contributed by atoms with Crippen molar-refractivity contribution in [3.05, 3.63) is 39.9 Å². The van der Waals surface area contributed by atoms with Crippen molar-refractivity contribution in [2.75, 3.05) is 4.72 Å². The van der Waals surface area contributed by atoms with Crippen molar-refractivity contribution in [1.29, 1.82) is 0 Å². The van der Waals surface area contributed by atoms with Gasteiger partial charge in [0.05, 0.1) is 10.5 Å². The predicted octanol–water partition coefficient (Wildman–Crippen LogP) is 2.57. The molecule has 0 amide bonds. The monoisotopic (exact) mass is 326 g/mol. The van der Waals surface area contributed by atoms with Crippen molar-refractivity contribution in [3.8, 4) is 0 Å². The Morgan fingerprint density at radius 1 is 1.29 bits per heavy atom. The number of hydrogen-bond donors (Lipinski definition) is 2. The number of aryl methyl sites for hydroxylation is 2. The average molecular weight is 326 g/mol. The third-order valence-electron chi connectivity index (χ3n) is 3.00. The van der Waals surface area contributed by atoms with Crippen LogP contribution >= 0.6 is 11.3 Å². The summed E-state index contributed by atoms with van der Waals surface area (Å²) in [5, 5.41) is 9.31. The van der Waals surface area contributed by atoms with Gasteiger partial charge in [-0.3, -0.25) is 4.72 Å². The number of hydrogen-bond acceptors (Lipinski definition) is 5. The lowest BCUT2D eigenvalue weighted by atomic mass is 10.1. The molecule has 2 N–H and O–H groups in total. The molecule has 112 valence electrons. The van der Waals surface area contributed by atoms with Crippen LogP contribution in [0.25, 0.3) is 0 Å². The number of rotatable bonds is 4. The first-order valence-electron chi connectivity index (χ1n) is 6.00. The van der Waals surface area contributed by atoms with E-state index in [0.29, 0.717) is 11.1 Å². The van der Waals surface area contributed by atoms with Crippen molar-refractivity contribution in [2.45, 2.75) is 25.7 Å². The summed E-state index contributed by atoms with van der Waals surface area (Å²) in [5.74, 6) is -1.17. The first-order chi connectivity index (χ1) is 9.70. The quantitative estimate of drug-likeness (QED) is 0.900. The van der Waals surface area contributed by atoms with Crippen LogP contribution in [0.1, 0.15) is 26.4 Å². The second-order valence-electron chi connectivity index (χ2n) is 4.60. The summed E-state index contributed by atoms with van der Waals surface area (Å²) in [4.78, 5) is 15.9. The molecule has 0 spiro atoms. The molecule has 0 saturated heterocycles. The molecule has 2 rings (SSSR count). The fourth-order valence-corrected chi connectivity index (χ4v) is 4.05. The summed E-state index contributed by atoms with van der Waals surface area (Å²) >= 11 is 1.21. The van der Waals surface area contributed by atoms with Gasteiger partial charge in [0, 0.05) is 11.1 Å². The van der Waals surface area contributed by atoms with Crippen molar-refractivity contribution < 1.29 is 18.3 Å². The molecular weight excluding hydrogens is 312 g/mol. The van der Waals surface area contributed by atoms with Crippen molar-refractivity contribution in [2.24, 2.45) is 0 Å². The van der Waals surface area contributed by atoms with Crippen LogP contribution in [0.2, 0.25) is 0 Å². The Balaban J connectivity index is 2.51. The summed E-state index contributed by atoms with van der Waals surface area (Å²) < 4.78 is 27.2. The molecule has 0 fully saturated rings. The molecule has 0 radical (unpaired) electrons. The van der Waals surface area contributed by atoms with Gasteiger partial charge < -0.3 is 5.11 Å². The lowest BCUT2D eigenvalue weighted by molar-refractivity contribution is 0.0696. The highest BCUT2D eigenvalue weighted by atomic mass is 32.2. The number of anilines is 1. The van der Waals surface area contributed by atoms with Gasteiger partial charge in [-0.05, 0) is 44.0 Å². The zero-order chi connectivity index (χ0) is 15.8. The van der Waals surface area contributed by atoms with Gasteiger partial charge in [0.25, 0.3) is 10.0 Å². The molecule has 1 aromatic carbocycles. The highest BCUT2D eigenvalue weighted by Crippen LogP contribution is 2.25. The van der Waals surface area contributed by atoms with Gasteiger partial charge in [-0.1, -0.05) is 0 Å². The van der Waals surface area contributed by atoms with Crippen LogP contribution in [0.5, 0.6) is 0 Å². The minimum absolute atomic E-state index is 0.0484. The number of carboxylic acids is 1. The second-order valence-corrected chi connectivity index (χ2v) is 7.49. The van der Waals surface area contributed by atoms with Crippen molar-refractivity contribution in [1.82, 2.24) is 4.98 Å². The van der Waals surface area contributed by atoms with E-state index >= 15 is 0 Å². The number of aromatic carboxylic acids is 1. The standard InChI is InChI=1S/C13H14N2O4S2/c1-7-4-10(12(16)17)5-11(9(7)3)21(18,19)15-13-14-6-8(2)20-13/h4-6H,1-3H3,(H,14,15)(H,16,17). The lowest BCUT2D eigenvalue weighted by Crippen LogP contribution is -2.15. The van der Waals surface area contributed by atoms with E-state index in [1.165, 1.54) is 17.4 Å². The number of aromatic nitrogens is 1. The third-order valence-corrected chi connectivity index (χ3v) is 5.42. The average Bonchev–Trinajstić information content (AvgIpc) is 2.76. The fourth-order valence-electron chi connectivity index (χ4n) is 1.80. The summed E-state index contributed by atoms with van der Waals surface area (Å²) in [6.07, 6.45) is 1.56. The van der Waals surface area contributed by atoms with Crippen molar-refractivity contribution >= 4 is 32.5 Å². The van der Waals surface area contributed by atoms with E-state index in [0.717, 1.165) is 10.9 Å². The Hall–Kier alpha value is -1.93. The summed E-state index contributed by atoms with van der Waals surface area (Å²) in [6.45, 7) is 5.13. The van der Waals surface area contributed by atoms with E-state index in [9.17, 15) is 13.2 Å². The highest BCUT2D eigenvalue weighted by Gasteiger charge is 2.21. The van der Waals surface area contributed by atoms with Gasteiger partial charge in [0.1, 0.15) is 0 Å². The molecule has 0 bridgehead atoms. The summed E-state index contributed by atoms with van der Waals surface area (Å²) in [7, 11) is -3.87. The highest BCUT2D eigenvalue weighted by molar-refractivity contribution is 7.93. The second kappa shape index (κ2) is 5.45. The molecule has 0 aliphatic rings. The number of nitrogens with one attached hydrogen (secondary N) is 1. The first-order valence-corrected chi connectivity index (χ1v) is 8.30. The molecule has 1 aromatic heterocycles. The van der Waals surface area contributed by atoms with Gasteiger partial charge >= 0.3 is 5.97 Å². The zero-order valence-corrected chi connectivity index (χ0v) is 13.3. The first kappa shape index (κ1) is 15.5. The Labute approximate surface area is 126 Å². The summed E-state index contributed by atoms with van der Waals surface area (Å²) in [5.41, 5.74) is 1.06.